The first-order chi connectivity index (χ1) is 21.4. The molecule has 2 aliphatic heterocycles. The molecule has 0 bridgehead atoms. The molecule has 2 atom stereocenters. The highest BCUT2D eigenvalue weighted by atomic mass is 33.1. The summed E-state index contributed by atoms with van der Waals surface area (Å²) in [5.74, 6) is 1.66. The average Bonchev–Trinajstić information content (AvgIpc) is 3.47. The lowest BCUT2D eigenvalue weighted by Gasteiger charge is -2.16. The summed E-state index contributed by atoms with van der Waals surface area (Å²) in [5.41, 5.74) is 1.61. The Morgan fingerprint density at radius 3 is 1.20 bits per heavy atom. The molecule has 0 aliphatic carbocycles. The second kappa shape index (κ2) is 13.4. The highest BCUT2D eigenvalue weighted by Crippen LogP contribution is 2.41. The molecule has 222 valence electrons. The number of likely N-dealkylation sites (tertiary alicyclic amines) is 2. The third kappa shape index (κ3) is 6.98. The number of carbonyl (C=O) groups excluding carboxylic acids is 4. The molecule has 0 aromatic heterocycles. The molecule has 8 nitrogen and oxygen atoms in total. The van der Waals surface area contributed by atoms with E-state index in [2.05, 4.69) is 0 Å². The first kappa shape index (κ1) is 29.5. The predicted molar refractivity (Wildman–Crippen MR) is 169 cm³/mol. The van der Waals surface area contributed by atoms with Crippen LogP contribution < -0.4 is 9.47 Å². The van der Waals surface area contributed by atoms with Crippen molar-refractivity contribution < 1.29 is 28.7 Å². The summed E-state index contributed by atoms with van der Waals surface area (Å²) in [4.78, 5) is 54.2. The molecule has 4 aromatic rings. The first-order valence-corrected chi connectivity index (χ1v) is 16.3. The highest BCUT2D eigenvalue weighted by Gasteiger charge is 2.43. The minimum Gasteiger partial charge on any atom is -0.457 e. The van der Waals surface area contributed by atoms with E-state index in [0.29, 0.717) is 11.5 Å². The maximum Gasteiger partial charge on any atom is 0.244 e. The Labute approximate surface area is 262 Å². The van der Waals surface area contributed by atoms with E-state index >= 15 is 0 Å². The summed E-state index contributed by atoms with van der Waals surface area (Å²) < 4.78 is 11.6. The van der Waals surface area contributed by atoms with Crippen molar-refractivity contribution >= 4 is 45.2 Å². The van der Waals surface area contributed by atoms with Gasteiger partial charge in [-0.1, -0.05) is 82.3 Å². The van der Waals surface area contributed by atoms with Crippen molar-refractivity contribution in [2.75, 3.05) is 0 Å². The molecule has 0 saturated carbocycles. The van der Waals surface area contributed by atoms with Crippen LogP contribution in [0.25, 0.3) is 0 Å². The van der Waals surface area contributed by atoms with Crippen molar-refractivity contribution in [3.8, 4) is 23.0 Å². The molecule has 4 aromatic carbocycles. The summed E-state index contributed by atoms with van der Waals surface area (Å²) in [5, 5.41) is -1.22. The number of hydrogen-bond acceptors (Lipinski definition) is 8. The van der Waals surface area contributed by atoms with Gasteiger partial charge in [0.05, 0.1) is 13.1 Å². The highest BCUT2D eigenvalue weighted by molar-refractivity contribution is 8.77. The van der Waals surface area contributed by atoms with Gasteiger partial charge in [-0.05, 0) is 59.7 Å². The summed E-state index contributed by atoms with van der Waals surface area (Å²) in [6.45, 7) is 0.323. The minimum absolute atomic E-state index is 0.0572. The fraction of sp³-hybridized carbons (Fsp3) is 0.176. The lowest BCUT2D eigenvalue weighted by atomic mass is 10.2. The van der Waals surface area contributed by atoms with E-state index < -0.39 is 10.5 Å². The zero-order chi connectivity index (χ0) is 30.5. The summed E-state index contributed by atoms with van der Waals surface area (Å²) in [7, 11) is 2.39. The predicted octanol–water partition coefficient (Wildman–Crippen LogP) is 6.61. The quantitative estimate of drug-likeness (QED) is 0.136. The van der Waals surface area contributed by atoms with Crippen LogP contribution in [0.1, 0.15) is 24.0 Å². The third-order valence-corrected chi connectivity index (χ3v) is 10.2. The topological polar surface area (TPSA) is 93.2 Å². The Hall–Kier alpha value is -4.54. The van der Waals surface area contributed by atoms with Gasteiger partial charge in [-0.2, -0.15) is 0 Å². The maximum absolute atomic E-state index is 13.1. The molecule has 0 spiro atoms. The molecule has 2 fully saturated rings. The molecule has 10 heteroatoms. The van der Waals surface area contributed by atoms with Gasteiger partial charge in [0.15, 0.2) is 0 Å². The van der Waals surface area contributed by atoms with E-state index in [4.69, 9.17) is 9.47 Å². The van der Waals surface area contributed by atoms with Gasteiger partial charge in [0.25, 0.3) is 0 Å². The number of imide groups is 2. The smallest absolute Gasteiger partial charge is 0.244 e. The molecule has 2 heterocycles. The number of nitrogens with zero attached hydrogens (tertiary/aromatic N) is 2. The van der Waals surface area contributed by atoms with Gasteiger partial charge >= 0.3 is 0 Å². The van der Waals surface area contributed by atoms with E-state index in [1.807, 2.05) is 84.9 Å². The van der Waals surface area contributed by atoms with E-state index in [0.717, 1.165) is 22.6 Å². The maximum atomic E-state index is 13.1. The van der Waals surface area contributed by atoms with Gasteiger partial charge in [0, 0.05) is 12.8 Å². The van der Waals surface area contributed by atoms with Crippen LogP contribution in [-0.4, -0.2) is 43.9 Å². The number of amides is 4. The second-order valence-corrected chi connectivity index (χ2v) is 13.0. The van der Waals surface area contributed by atoms with Crippen LogP contribution in [0, 0.1) is 0 Å². The lowest BCUT2D eigenvalue weighted by molar-refractivity contribution is -0.140. The Balaban J connectivity index is 0.991. The molecule has 4 amide bonds. The van der Waals surface area contributed by atoms with E-state index in [1.54, 1.807) is 24.3 Å². The van der Waals surface area contributed by atoms with Crippen LogP contribution in [0.2, 0.25) is 0 Å². The third-order valence-electron chi connectivity index (χ3n) is 7.18. The largest absolute Gasteiger partial charge is 0.457 e. The van der Waals surface area contributed by atoms with Crippen molar-refractivity contribution in [1.82, 2.24) is 9.80 Å². The molecule has 2 unspecified atom stereocenters. The number of ether oxygens (including phenoxy) is 2. The second-order valence-electron chi connectivity index (χ2n) is 10.3. The molecule has 2 saturated heterocycles. The van der Waals surface area contributed by atoms with Crippen molar-refractivity contribution in [3.63, 3.8) is 0 Å². The van der Waals surface area contributed by atoms with Crippen LogP contribution in [0.15, 0.2) is 109 Å². The summed E-state index contributed by atoms with van der Waals surface area (Å²) in [6, 6.07) is 33.3. The van der Waals surface area contributed by atoms with E-state index in [9.17, 15) is 19.2 Å². The Kier molecular flexibility index (Phi) is 8.99. The molecular formula is C34H28N2O6S2. The average molecular weight is 625 g/mol. The zero-order valence-corrected chi connectivity index (χ0v) is 25.2. The SMILES string of the molecule is O=C1CC(SSC2CC(=O)N(Cc3ccc(Oc4ccccc4)cc3)C2=O)C(=O)N1Cc1ccc(Oc2ccccc2)cc1. The fourth-order valence-corrected chi connectivity index (χ4v) is 7.68. The Morgan fingerprint density at radius 1 is 0.500 bits per heavy atom. The fourth-order valence-electron chi connectivity index (χ4n) is 4.86. The Morgan fingerprint density at radius 2 is 0.841 bits per heavy atom. The molecule has 6 rings (SSSR count). The van der Waals surface area contributed by atoms with Gasteiger partial charge in [0.1, 0.15) is 33.5 Å². The molecule has 0 radical (unpaired) electrons. The lowest BCUT2D eigenvalue weighted by Crippen LogP contribution is -2.31. The van der Waals surface area contributed by atoms with Gasteiger partial charge in [0.2, 0.25) is 23.6 Å². The van der Waals surface area contributed by atoms with Crippen molar-refractivity contribution in [2.24, 2.45) is 0 Å². The number of para-hydroxylation sites is 2. The Bertz CT molecular complexity index is 1520. The van der Waals surface area contributed by atoms with Crippen LogP contribution in [0.4, 0.5) is 0 Å². The van der Waals surface area contributed by atoms with Gasteiger partial charge < -0.3 is 9.47 Å². The summed E-state index contributed by atoms with van der Waals surface area (Å²) in [6.07, 6.45) is 0.114. The molecule has 0 N–H and O–H groups in total. The number of benzene rings is 4. The van der Waals surface area contributed by atoms with Crippen LogP contribution in [-0.2, 0) is 32.3 Å². The number of carbonyl (C=O) groups is 4. The minimum atomic E-state index is -0.609. The van der Waals surface area contributed by atoms with Gasteiger partial charge in [-0.25, -0.2) is 0 Å². The first-order valence-electron chi connectivity index (χ1n) is 14.1. The standard InChI is InChI=1S/C34H28N2O6S2/c37-31-19-29(33(39)35(31)21-23-11-15-27(16-12-23)41-25-7-3-1-4-8-25)43-44-30-20-32(38)36(34(30)40)22-24-13-17-28(18-14-24)42-26-9-5-2-6-10-26/h1-18,29-30H,19-22H2. The van der Waals surface area contributed by atoms with Crippen molar-refractivity contribution in [2.45, 2.75) is 36.4 Å². The van der Waals surface area contributed by atoms with Crippen LogP contribution >= 0.6 is 21.6 Å². The monoisotopic (exact) mass is 624 g/mol. The summed E-state index contributed by atoms with van der Waals surface area (Å²) >= 11 is 0. The van der Waals surface area contributed by atoms with Gasteiger partial charge in [-0.3, -0.25) is 29.0 Å². The zero-order valence-electron chi connectivity index (χ0n) is 23.5. The molecular weight excluding hydrogens is 597 g/mol. The van der Waals surface area contributed by atoms with Crippen LogP contribution in [0.5, 0.6) is 23.0 Å². The van der Waals surface area contributed by atoms with Gasteiger partial charge in [-0.15, -0.1) is 0 Å². The van der Waals surface area contributed by atoms with Crippen molar-refractivity contribution in [3.05, 3.63) is 120 Å². The van der Waals surface area contributed by atoms with Crippen LogP contribution in [0.3, 0.4) is 0 Å². The number of rotatable bonds is 11. The molecule has 44 heavy (non-hydrogen) atoms. The number of hydrogen-bond donors (Lipinski definition) is 0. The normalized spacial score (nSPS) is 18.3. The van der Waals surface area contributed by atoms with E-state index in [1.165, 1.54) is 31.4 Å². The van der Waals surface area contributed by atoms with E-state index in [-0.39, 0.29) is 49.6 Å². The van der Waals surface area contributed by atoms with Crippen molar-refractivity contribution in [1.29, 1.82) is 0 Å². The molecule has 2 aliphatic rings.